The van der Waals surface area contributed by atoms with Gasteiger partial charge in [0.05, 0.1) is 11.2 Å². The Hall–Kier alpha value is -1.74. The first kappa shape index (κ1) is 16.6. The average Bonchev–Trinajstić information content (AvgIpc) is 2.47. The maximum Gasteiger partial charge on any atom is 0.299 e. The molecule has 0 radical (unpaired) electrons. The van der Waals surface area contributed by atoms with Gasteiger partial charge < -0.3 is 0 Å². The summed E-state index contributed by atoms with van der Waals surface area (Å²) in [6, 6.07) is 15.4. The summed E-state index contributed by atoms with van der Waals surface area (Å²) in [6.45, 7) is 0. The maximum atomic E-state index is 12.2. The molecule has 2 aromatic rings. The standard InChI is InChI=1S/C14H14O6S2/c1-21(15,16)19-14(12-8-4-2-5-9-12)20-22(17,18)13-10-6-3-7-11-13/h2-11,14H,1H3. The van der Waals surface area contributed by atoms with Gasteiger partial charge in [-0.2, -0.15) is 16.8 Å². The van der Waals surface area contributed by atoms with Crippen LogP contribution in [0.4, 0.5) is 0 Å². The molecular formula is C14H14O6S2. The quantitative estimate of drug-likeness (QED) is 0.590. The van der Waals surface area contributed by atoms with Crippen LogP contribution in [0.15, 0.2) is 65.6 Å². The Bertz CT molecular complexity index is 814. The Kier molecular flexibility index (Phi) is 4.97. The second-order valence-corrected chi connectivity index (χ2v) is 7.58. The van der Waals surface area contributed by atoms with Crippen molar-refractivity contribution in [1.82, 2.24) is 0 Å². The van der Waals surface area contributed by atoms with Gasteiger partial charge in [-0.1, -0.05) is 48.5 Å². The topological polar surface area (TPSA) is 86.7 Å². The van der Waals surface area contributed by atoms with Crippen LogP contribution in [0.25, 0.3) is 0 Å². The van der Waals surface area contributed by atoms with Crippen molar-refractivity contribution in [1.29, 1.82) is 0 Å². The van der Waals surface area contributed by atoms with Crippen molar-refractivity contribution in [3.63, 3.8) is 0 Å². The van der Waals surface area contributed by atoms with Gasteiger partial charge in [-0.3, -0.25) is 0 Å². The van der Waals surface area contributed by atoms with Crippen LogP contribution < -0.4 is 0 Å². The van der Waals surface area contributed by atoms with E-state index >= 15 is 0 Å². The summed E-state index contributed by atoms with van der Waals surface area (Å²) in [5.41, 5.74) is 0.271. The molecule has 0 aliphatic rings. The first-order valence-corrected chi connectivity index (χ1v) is 9.42. The summed E-state index contributed by atoms with van der Waals surface area (Å²) in [5.74, 6) is 0. The summed E-state index contributed by atoms with van der Waals surface area (Å²) < 4.78 is 56.8. The molecular weight excluding hydrogens is 328 g/mol. The van der Waals surface area contributed by atoms with Crippen molar-refractivity contribution < 1.29 is 25.2 Å². The van der Waals surface area contributed by atoms with Crippen molar-refractivity contribution in [3.8, 4) is 0 Å². The fourth-order valence-electron chi connectivity index (χ4n) is 1.65. The van der Waals surface area contributed by atoms with Crippen molar-refractivity contribution in [3.05, 3.63) is 66.2 Å². The molecule has 0 aromatic heterocycles. The first-order valence-electron chi connectivity index (χ1n) is 6.19. The van der Waals surface area contributed by atoms with E-state index in [9.17, 15) is 16.8 Å². The molecule has 0 fully saturated rings. The lowest BCUT2D eigenvalue weighted by Gasteiger charge is -2.17. The van der Waals surface area contributed by atoms with Crippen molar-refractivity contribution >= 4 is 20.2 Å². The molecule has 1 atom stereocenters. The minimum atomic E-state index is -4.17. The first-order chi connectivity index (χ1) is 10.3. The van der Waals surface area contributed by atoms with Crippen LogP contribution in [-0.4, -0.2) is 23.1 Å². The third-order valence-electron chi connectivity index (χ3n) is 2.58. The smallest absolute Gasteiger partial charge is 0.232 e. The molecule has 8 heteroatoms. The zero-order valence-electron chi connectivity index (χ0n) is 11.6. The molecule has 2 rings (SSSR count). The molecule has 118 valence electrons. The highest BCUT2D eigenvalue weighted by Crippen LogP contribution is 2.26. The Morgan fingerprint density at radius 3 is 1.77 bits per heavy atom. The SMILES string of the molecule is CS(=O)(=O)OC(OS(=O)(=O)c1ccccc1)c1ccccc1. The lowest BCUT2D eigenvalue weighted by molar-refractivity contribution is 0.0165. The average molecular weight is 342 g/mol. The van der Waals surface area contributed by atoms with E-state index in [1.165, 1.54) is 36.4 Å². The fraction of sp³-hybridized carbons (Fsp3) is 0.143. The Labute approximate surface area is 129 Å². The molecule has 0 aliphatic carbocycles. The second-order valence-electron chi connectivity index (χ2n) is 4.41. The molecule has 0 aliphatic heterocycles. The van der Waals surface area contributed by atoms with Gasteiger partial charge in [0.1, 0.15) is 0 Å². The van der Waals surface area contributed by atoms with Crippen molar-refractivity contribution in [2.75, 3.05) is 6.26 Å². The van der Waals surface area contributed by atoms with E-state index in [1.807, 2.05) is 0 Å². The van der Waals surface area contributed by atoms with Gasteiger partial charge in [-0.15, -0.1) is 0 Å². The summed E-state index contributed by atoms with van der Waals surface area (Å²) >= 11 is 0. The molecule has 0 heterocycles. The highest BCUT2D eigenvalue weighted by atomic mass is 32.2. The second kappa shape index (κ2) is 6.57. The molecule has 0 bridgehead atoms. The number of hydrogen-bond donors (Lipinski definition) is 0. The van der Waals surface area contributed by atoms with E-state index in [0.717, 1.165) is 6.26 Å². The van der Waals surface area contributed by atoms with Crippen LogP contribution in [0.1, 0.15) is 11.9 Å². The summed E-state index contributed by atoms with van der Waals surface area (Å²) in [5, 5.41) is 0. The minimum Gasteiger partial charge on any atom is -0.232 e. The number of benzene rings is 2. The van der Waals surface area contributed by atoms with E-state index in [0.29, 0.717) is 0 Å². The predicted molar refractivity (Wildman–Crippen MR) is 79.8 cm³/mol. The van der Waals surface area contributed by atoms with Gasteiger partial charge in [0, 0.05) is 5.56 Å². The molecule has 2 aromatic carbocycles. The largest absolute Gasteiger partial charge is 0.299 e. The fourth-order valence-corrected chi connectivity index (χ4v) is 3.15. The molecule has 0 saturated heterocycles. The summed E-state index contributed by atoms with van der Waals surface area (Å²) in [7, 11) is -8.08. The maximum absolute atomic E-state index is 12.2. The minimum absolute atomic E-state index is 0.0898. The van der Waals surface area contributed by atoms with Gasteiger partial charge in [0.2, 0.25) is 6.29 Å². The number of hydrogen-bond acceptors (Lipinski definition) is 6. The molecule has 0 saturated carbocycles. The lowest BCUT2D eigenvalue weighted by atomic mass is 10.2. The zero-order chi connectivity index (χ0) is 16.2. The van der Waals surface area contributed by atoms with Gasteiger partial charge >= 0.3 is 0 Å². The van der Waals surface area contributed by atoms with E-state index in [4.69, 9.17) is 8.37 Å². The zero-order valence-corrected chi connectivity index (χ0v) is 13.2. The highest BCUT2D eigenvalue weighted by molar-refractivity contribution is 7.87. The predicted octanol–water partition coefficient (Wildman–Crippen LogP) is 2.07. The lowest BCUT2D eigenvalue weighted by Crippen LogP contribution is -2.18. The van der Waals surface area contributed by atoms with E-state index < -0.39 is 26.5 Å². The molecule has 0 N–H and O–H groups in total. The molecule has 1 unspecified atom stereocenters. The van der Waals surface area contributed by atoms with Crippen molar-refractivity contribution in [2.24, 2.45) is 0 Å². The third kappa shape index (κ3) is 4.63. The Morgan fingerprint density at radius 1 is 0.773 bits per heavy atom. The van der Waals surface area contributed by atoms with Gasteiger partial charge in [-0.05, 0) is 12.1 Å². The monoisotopic (exact) mass is 342 g/mol. The van der Waals surface area contributed by atoms with Gasteiger partial charge in [-0.25, -0.2) is 8.37 Å². The molecule has 0 amide bonds. The van der Waals surface area contributed by atoms with Crippen LogP contribution in [-0.2, 0) is 28.6 Å². The third-order valence-corrected chi connectivity index (χ3v) is 4.38. The summed E-state index contributed by atoms with van der Waals surface area (Å²) in [6.07, 6.45) is -0.761. The highest BCUT2D eigenvalue weighted by Gasteiger charge is 2.26. The van der Waals surface area contributed by atoms with E-state index in [2.05, 4.69) is 0 Å². The Balaban J connectivity index is 2.35. The van der Waals surface area contributed by atoms with Crippen LogP contribution in [0.2, 0.25) is 0 Å². The van der Waals surface area contributed by atoms with Gasteiger partial charge in [0.15, 0.2) is 0 Å². The van der Waals surface area contributed by atoms with E-state index in [-0.39, 0.29) is 10.5 Å². The molecule has 6 nitrogen and oxygen atoms in total. The summed E-state index contributed by atoms with van der Waals surface area (Å²) in [4.78, 5) is -0.0898. The van der Waals surface area contributed by atoms with Crippen LogP contribution in [0, 0.1) is 0 Å². The normalized spacial score (nSPS) is 13.7. The van der Waals surface area contributed by atoms with Crippen LogP contribution in [0.3, 0.4) is 0 Å². The van der Waals surface area contributed by atoms with E-state index in [1.54, 1.807) is 24.3 Å². The number of rotatable bonds is 6. The van der Waals surface area contributed by atoms with Gasteiger partial charge in [0.25, 0.3) is 20.2 Å². The van der Waals surface area contributed by atoms with Crippen LogP contribution in [0.5, 0.6) is 0 Å². The Morgan fingerprint density at radius 2 is 1.27 bits per heavy atom. The molecule has 22 heavy (non-hydrogen) atoms. The van der Waals surface area contributed by atoms with Crippen molar-refractivity contribution in [2.45, 2.75) is 11.2 Å². The molecule has 0 spiro atoms. The van der Waals surface area contributed by atoms with Crippen LogP contribution >= 0.6 is 0 Å².